The van der Waals surface area contributed by atoms with Crippen molar-refractivity contribution < 1.29 is 24.5 Å². The minimum absolute atomic E-state index is 0.0767. The topological polar surface area (TPSA) is 83.8 Å². The number of cyclic esters (lactones) is 1. The predicted octanol–water partition coefficient (Wildman–Crippen LogP) is 3.08. The molecule has 0 aromatic rings. The normalized spacial score (nSPS) is 40.8. The Hall–Kier alpha value is -1.62. The smallest absolute Gasteiger partial charge is 0.334 e. The van der Waals surface area contributed by atoms with Crippen molar-refractivity contribution in [2.45, 2.75) is 59.0 Å². The van der Waals surface area contributed by atoms with E-state index in [1.165, 1.54) is 0 Å². The Morgan fingerprint density at radius 2 is 2.08 bits per heavy atom. The van der Waals surface area contributed by atoms with Gasteiger partial charge in [0.05, 0.1) is 6.10 Å². The molecule has 1 heterocycles. The Morgan fingerprint density at radius 1 is 1.36 bits per heavy atom. The summed E-state index contributed by atoms with van der Waals surface area (Å²) < 4.78 is 5.00. The maximum absolute atomic E-state index is 11.8. The zero-order valence-electron chi connectivity index (χ0n) is 15.2. The number of carbonyl (C=O) groups is 2. The molecule has 1 fully saturated rings. The highest BCUT2D eigenvalue weighted by atomic mass is 16.5. The van der Waals surface area contributed by atoms with Gasteiger partial charge in [0.1, 0.15) is 6.61 Å². The number of esters is 1. The number of hydrogen-bond acceptors (Lipinski definition) is 4. The summed E-state index contributed by atoms with van der Waals surface area (Å²) in [7, 11) is 0. The molecular weight excluding hydrogens is 320 g/mol. The Bertz CT molecular complexity index is 648. The number of carboxylic acids is 1. The first-order chi connectivity index (χ1) is 11.7. The van der Waals surface area contributed by atoms with E-state index in [2.05, 4.69) is 13.8 Å². The highest BCUT2D eigenvalue weighted by Crippen LogP contribution is 2.62. The number of allylic oxidation sites excluding steroid dienone is 1. The molecule has 1 saturated carbocycles. The van der Waals surface area contributed by atoms with Crippen LogP contribution in [0.15, 0.2) is 23.3 Å². The lowest BCUT2D eigenvalue weighted by Gasteiger charge is -2.59. The molecule has 5 nitrogen and oxygen atoms in total. The standard InChI is InChI=1S/C20H28O5/c1-12-11-16(21)20(3)14(17(22)23)5-4-6-15(20)19(12,2)9-7-13-8-10-25-18(13)24/h5,8,12,15-16,21H,4,6-7,9-11H2,1-3H3,(H,22,23)/t12?,15-,16?,19+,20+/m1/s1. The third kappa shape index (κ3) is 2.73. The maximum Gasteiger partial charge on any atom is 0.334 e. The van der Waals surface area contributed by atoms with Crippen LogP contribution >= 0.6 is 0 Å². The van der Waals surface area contributed by atoms with Gasteiger partial charge in [0.15, 0.2) is 0 Å². The molecule has 138 valence electrons. The van der Waals surface area contributed by atoms with Crippen molar-refractivity contribution in [1.82, 2.24) is 0 Å². The van der Waals surface area contributed by atoms with Crippen molar-refractivity contribution in [3.63, 3.8) is 0 Å². The maximum atomic E-state index is 11.8. The molecule has 0 spiro atoms. The second-order valence-electron chi connectivity index (χ2n) is 8.32. The first kappa shape index (κ1) is 18.2. The van der Waals surface area contributed by atoms with E-state index < -0.39 is 17.5 Å². The number of fused-ring (bicyclic) bond motifs is 1. The third-order valence-corrected chi connectivity index (χ3v) is 7.27. The molecule has 2 unspecified atom stereocenters. The predicted molar refractivity (Wildman–Crippen MR) is 92.7 cm³/mol. The second-order valence-corrected chi connectivity index (χ2v) is 8.32. The van der Waals surface area contributed by atoms with Crippen molar-refractivity contribution in [3.05, 3.63) is 23.3 Å². The number of carbonyl (C=O) groups excluding carboxylic acids is 1. The largest absolute Gasteiger partial charge is 0.478 e. The zero-order chi connectivity index (χ0) is 18.4. The number of ether oxygens (including phenoxy) is 1. The number of aliphatic hydroxyl groups excluding tert-OH is 1. The van der Waals surface area contributed by atoms with E-state index in [9.17, 15) is 19.8 Å². The van der Waals surface area contributed by atoms with Gasteiger partial charge in [0, 0.05) is 16.6 Å². The first-order valence-corrected chi connectivity index (χ1v) is 9.19. The summed E-state index contributed by atoms with van der Waals surface area (Å²) in [6.07, 6.45) is 6.60. The summed E-state index contributed by atoms with van der Waals surface area (Å²) in [5.41, 5.74) is 0.211. The summed E-state index contributed by atoms with van der Waals surface area (Å²) in [6.45, 7) is 6.61. The van der Waals surface area contributed by atoms with Crippen LogP contribution < -0.4 is 0 Å². The third-order valence-electron chi connectivity index (χ3n) is 7.27. The van der Waals surface area contributed by atoms with Crippen LogP contribution in [0.5, 0.6) is 0 Å². The number of rotatable bonds is 4. The van der Waals surface area contributed by atoms with Gasteiger partial charge in [0.2, 0.25) is 0 Å². The van der Waals surface area contributed by atoms with Gasteiger partial charge in [0.25, 0.3) is 0 Å². The lowest BCUT2D eigenvalue weighted by molar-refractivity contribution is -0.148. The Labute approximate surface area is 148 Å². The van der Waals surface area contributed by atoms with E-state index in [0.29, 0.717) is 25.0 Å². The summed E-state index contributed by atoms with van der Waals surface area (Å²) >= 11 is 0. The van der Waals surface area contributed by atoms with Gasteiger partial charge in [-0.05, 0) is 55.4 Å². The van der Waals surface area contributed by atoms with Crippen LogP contribution in [0.3, 0.4) is 0 Å². The summed E-state index contributed by atoms with van der Waals surface area (Å²) in [5.74, 6) is -0.825. The molecule has 2 aliphatic carbocycles. The highest BCUT2D eigenvalue weighted by Gasteiger charge is 2.59. The molecule has 5 atom stereocenters. The number of aliphatic carboxylic acids is 1. The van der Waals surface area contributed by atoms with Gasteiger partial charge in [-0.2, -0.15) is 0 Å². The zero-order valence-corrected chi connectivity index (χ0v) is 15.2. The van der Waals surface area contributed by atoms with E-state index in [0.717, 1.165) is 24.8 Å². The molecule has 0 radical (unpaired) electrons. The fourth-order valence-electron chi connectivity index (χ4n) is 5.46. The Kier molecular flexibility index (Phi) is 4.56. The van der Waals surface area contributed by atoms with Crippen LogP contribution in [0.2, 0.25) is 0 Å². The quantitative estimate of drug-likeness (QED) is 0.763. The summed E-state index contributed by atoms with van der Waals surface area (Å²) in [5, 5.41) is 20.5. The lowest BCUT2D eigenvalue weighted by Crippen LogP contribution is -2.57. The van der Waals surface area contributed by atoms with Gasteiger partial charge >= 0.3 is 11.9 Å². The summed E-state index contributed by atoms with van der Waals surface area (Å²) in [4.78, 5) is 23.6. The molecular formula is C20H28O5. The average Bonchev–Trinajstić information content (AvgIpc) is 2.96. The van der Waals surface area contributed by atoms with Gasteiger partial charge in [-0.3, -0.25) is 0 Å². The molecule has 3 aliphatic rings. The van der Waals surface area contributed by atoms with Crippen LogP contribution in [0, 0.1) is 22.7 Å². The van der Waals surface area contributed by atoms with E-state index in [1.807, 2.05) is 13.0 Å². The van der Waals surface area contributed by atoms with Gasteiger partial charge < -0.3 is 14.9 Å². The lowest BCUT2D eigenvalue weighted by atomic mass is 9.45. The van der Waals surface area contributed by atoms with E-state index in [4.69, 9.17) is 4.74 Å². The number of aliphatic hydroxyl groups is 1. The van der Waals surface area contributed by atoms with Crippen LogP contribution in [0.4, 0.5) is 0 Å². The van der Waals surface area contributed by atoms with Gasteiger partial charge in [-0.25, -0.2) is 9.59 Å². The van der Waals surface area contributed by atoms with Crippen molar-refractivity contribution in [2.75, 3.05) is 6.61 Å². The van der Waals surface area contributed by atoms with Crippen LogP contribution in [-0.4, -0.2) is 34.9 Å². The molecule has 0 saturated heterocycles. The fourth-order valence-corrected chi connectivity index (χ4v) is 5.46. The Morgan fingerprint density at radius 3 is 2.68 bits per heavy atom. The van der Waals surface area contributed by atoms with E-state index in [-0.39, 0.29) is 23.2 Å². The SMILES string of the molecule is CC1CC(O)[C@@]2(C)C(C(=O)O)=CCC[C@@H]2[C@@]1(C)CCC1=CCOC1=O. The minimum Gasteiger partial charge on any atom is -0.478 e. The van der Waals surface area contributed by atoms with E-state index >= 15 is 0 Å². The molecule has 3 rings (SSSR count). The van der Waals surface area contributed by atoms with Gasteiger partial charge in [-0.1, -0.05) is 26.8 Å². The van der Waals surface area contributed by atoms with Crippen LogP contribution in [0.25, 0.3) is 0 Å². The molecule has 0 aromatic carbocycles. The first-order valence-electron chi connectivity index (χ1n) is 9.19. The molecule has 0 aromatic heterocycles. The molecule has 5 heteroatoms. The molecule has 1 aliphatic heterocycles. The number of hydrogen-bond donors (Lipinski definition) is 2. The van der Waals surface area contributed by atoms with E-state index in [1.54, 1.807) is 6.08 Å². The Balaban J connectivity index is 1.92. The number of carboxylic acid groups (broad SMARTS) is 1. The van der Waals surface area contributed by atoms with Crippen molar-refractivity contribution in [2.24, 2.45) is 22.7 Å². The van der Waals surface area contributed by atoms with Crippen molar-refractivity contribution in [1.29, 1.82) is 0 Å². The van der Waals surface area contributed by atoms with Crippen molar-refractivity contribution in [3.8, 4) is 0 Å². The monoisotopic (exact) mass is 348 g/mol. The highest BCUT2D eigenvalue weighted by molar-refractivity contribution is 5.90. The molecule has 0 amide bonds. The minimum atomic E-state index is -0.926. The van der Waals surface area contributed by atoms with Crippen LogP contribution in [-0.2, 0) is 14.3 Å². The second kappa shape index (κ2) is 6.27. The summed E-state index contributed by atoms with van der Waals surface area (Å²) in [6, 6.07) is 0. The molecule has 0 bridgehead atoms. The average molecular weight is 348 g/mol. The molecule has 2 N–H and O–H groups in total. The fraction of sp³-hybridized carbons (Fsp3) is 0.700. The molecule has 25 heavy (non-hydrogen) atoms. The van der Waals surface area contributed by atoms with Crippen molar-refractivity contribution >= 4 is 11.9 Å². The van der Waals surface area contributed by atoms with Gasteiger partial charge in [-0.15, -0.1) is 0 Å². The van der Waals surface area contributed by atoms with Crippen LogP contribution in [0.1, 0.15) is 52.9 Å².